The second kappa shape index (κ2) is 7.38. The van der Waals surface area contributed by atoms with Gasteiger partial charge in [-0.2, -0.15) is 0 Å². The average Bonchev–Trinajstić information content (AvgIpc) is 3.20. The fourth-order valence-electron chi connectivity index (χ4n) is 2.56. The summed E-state index contributed by atoms with van der Waals surface area (Å²) in [6, 6.07) is 3.97. The zero-order valence-electron chi connectivity index (χ0n) is 13.6. The van der Waals surface area contributed by atoms with Crippen LogP contribution in [0.3, 0.4) is 0 Å². The van der Waals surface area contributed by atoms with Gasteiger partial charge in [-0.05, 0) is 18.4 Å². The monoisotopic (exact) mass is 362 g/mol. The lowest BCUT2D eigenvalue weighted by Gasteiger charge is -2.12. The Balaban J connectivity index is 2.16. The number of aromatic nitrogens is 2. The molecule has 0 fully saturated rings. The second-order valence-corrected chi connectivity index (χ2v) is 7.29. The van der Waals surface area contributed by atoms with Crippen molar-refractivity contribution in [3.8, 4) is 10.4 Å². The highest BCUT2D eigenvalue weighted by Gasteiger charge is 2.17. The molecular formula is C17H18N2O3S2. The largest absolute Gasteiger partial charge is 0.384 e. The van der Waals surface area contributed by atoms with Crippen molar-refractivity contribution in [1.29, 1.82) is 0 Å². The molecule has 7 heteroatoms. The normalized spacial score (nSPS) is 11.2. The Morgan fingerprint density at radius 1 is 1.38 bits per heavy atom. The molecule has 3 aromatic heterocycles. The van der Waals surface area contributed by atoms with Gasteiger partial charge < -0.3 is 4.74 Å². The van der Waals surface area contributed by atoms with Crippen LogP contribution in [-0.4, -0.2) is 29.1 Å². The van der Waals surface area contributed by atoms with Gasteiger partial charge in [0.15, 0.2) is 0 Å². The van der Waals surface area contributed by atoms with E-state index >= 15 is 0 Å². The van der Waals surface area contributed by atoms with E-state index in [-0.39, 0.29) is 11.3 Å². The third-order valence-corrected chi connectivity index (χ3v) is 5.55. The Labute approximate surface area is 147 Å². The van der Waals surface area contributed by atoms with Crippen LogP contribution < -0.4 is 5.56 Å². The molecule has 0 aliphatic rings. The average molecular weight is 362 g/mol. The maximum Gasteiger partial charge on any atom is 0.262 e. The quantitative estimate of drug-likeness (QED) is 0.647. The van der Waals surface area contributed by atoms with Gasteiger partial charge in [0.25, 0.3) is 5.56 Å². The zero-order valence-corrected chi connectivity index (χ0v) is 15.2. The summed E-state index contributed by atoms with van der Waals surface area (Å²) >= 11 is 3.08. The van der Waals surface area contributed by atoms with E-state index in [1.165, 1.54) is 18.3 Å². The fraction of sp³-hybridized carbons (Fsp3) is 0.353. The number of thiophene rings is 2. The summed E-state index contributed by atoms with van der Waals surface area (Å²) in [5.74, 6) is 0.735. The SMILES string of the molecule is COCCc1nc2scc(-c3cccs3)c2c(=O)n1CCC(C)=O. The lowest BCUT2D eigenvalue weighted by Crippen LogP contribution is -2.26. The number of ether oxygens (including phenoxy) is 1. The van der Waals surface area contributed by atoms with Crippen molar-refractivity contribution < 1.29 is 9.53 Å². The highest BCUT2D eigenvalue weighted by Crippen LogP contribution is 2.33. The maximum atomic E-state index is 13.1. The minimum atomic E-state index is -0.0722. The van der Waals surface area contributed by atoms with Crippen LogP contribution in [0.5, 0.6) is 0 Å². The Hall–Kier alpha value is -1.83. The van der Waals surface area contributed by atoms with Crippen molar-refractivity contribution in [2.75, 3.05) is 13.7 Å². The minimum Gasteiger partial charge on any atom is -0.384 e. The summed E-state index contributed by atoms with van der Waals surface area (Å²) in [4.78, 5) is 30.9. The van der Waals surface area contributed by atoms with Crippen molar-refractivity contribution in [1.82, 2.24) is 9.55 Å². The molecule has 0 atom stereocenters. The Morgan fingerprint density at radius 2 is 2.21 bits per heavy atom. The first-order chi connectivity index (χ1) is 11.6. The first-order valence-corrected chi connectivity index (χ1v) is 9.41. The van der Waals surface area contributed by atoms with Gasteiger partial charge in [-0.15, -0.1) is 22.7 Å². The van der Waals surface area contributed by atoms with Crippen molar-refractivity contribution in [3.63, 3.8) is 0 Å². The number of carbonyl (C=O) groups is 1. The standard InChI is InChI=1S/C17H18N2O3S2/c1-11(20)5-7-19-14(6-8-22-2)18-16-15(17(19)21)12(10-24-16)13-4-3-9-23-13/h3-4,9-10H,5-8H2,1-2H3. The molecule has 3 rings (SSSR count). The smallest absolute Gasteiger partial charge is 0.262 e. The van der Waals surface area contributed by atoms with Crippen molar-refractivity contribution in [2.24, 2.45) is 0 Å². The van der Waals surface area contributed by atoms with Gasteiger partial charge in [0.2, 0.25) is 0 Å². The van der Waals surface area contributed by atoms with E-state index in [1.54, 1.807) is 23.0 Å². The summed E-state index contributed by atoms with van der Waals surface area (Å²) in [5, 5.41) is 4.63. The van der Waals surface area contributed by atoms with E-state index in [2.05, 4.69) is 4.98 Å². The number of hydrogen-bond donors (Lipinski definition) is 0. The summed E-state index contributed by atoms with van der Waals surface area (Å²) in [7, 11) is 1.62. The van der Waals surface area contributed by atoms with Crippen LogP contribution in [0.25, 0.3) is 20.7 Å². The number of fused-ring (bicyclic) bond motifs is 1. The number of hydrogen-bond acceptors (Lipinski definition) is 6. The van der Waals surface area contributed by atoms with Gasteiger partial charge in [0.1, 0.15) is 16.4 Å². The number of Topliss-reactive ketones (excluding diaryl/α,β-unsaturated/α-hetero) is 1. The maximum absolute atomic E-state index is 13.1. The minimum absolute atomic E-state index is 0.0588. The fourth-order valence-corrected chi connectivity index (χ4v) is 4.33. The molecule has 0 unspecified atom stereocenters. The molecule has 5 nitrogen and oxygen atoms in total. The molecule has 0 spiro atoms. The summed E-state index contributed by atoms with van der Waals surface area (Å²) in [5.41, 5.74) is 0.856. The number of rotatable bonds is 7. The first kappa shape index (κ1) is 17.0. The number of nitrogens with zero attached hydrogens (tertiary/aromatic N) is 2. The van der Waals surface area contributed by atoms with Crippen LogP contribution in [-0.2, 0) is 22.5 Å². The van der Waals surface area contributed by atoms with Gasteiger partial charge in [-0.25, -0.2) is 4.98 Å². The summed E-state index contributed by atoms with van der Waals surface area (Å²) in [6.45, 7) is 2.38. The summed E-state index contributed by atoms with van der Waals surface area (Å²) < 4.78 is 6.76. The van der Waals surface area contributed by atoms with Gasteiger partial charge >= 0.3 is 0 Å². The third kappa shape index (κ3) is 3.33. The van der Waals surface area contributed by atoms with Gasteiger partial charge in [-0.1, -0.05) is 6.07 Å². The van der Waals surface area contributed by atoms with Crippen molar-refractivity contribution in [3.05, 3.63) is 39.1 Å². The van der Waals surface area contributed by atoms with Gasteiger partial charge in [0, 0.05) is 42.3 Å². The molecule has 0 radical (unpaired) electrons. The predicted octanol–water partition coefficient (Wildman–Crippen LogP) is 3.35. The molecule has 126 valence electrons. The van der Waals surface area contributed by atoms with E-state index < -0.39 is 0 Å². The number of carbonyl (C=O) groups excluding carboxylic acids is 1. The zero-order chi connectivity index (χ0) is 17.1. The molecule has 0 aliphatic carbocycles. The molecule has 3 aromatic rings. The molecule has 3 heterocycles. The lowest BCUT2D eigenvalue weighted by atomic mass is 10.2. The third-order valence-electron chi connectivity index (χ3n) is 3.78. The Bertz CT molecular complexity index is 910. The molecule has 0 amide bonds. The Morgan fingerprint density at radius 3 is 2.88 bits per heavy atom. The highest BCUT2D eigenvalue weighted by molar-refractivity contribution is 7.18. The number of methoxy groups -OCH3 is 1. The van der Waals surface area contributed by atoms with Crippen LogP contribution in [0.4, 0.5) is 0 Å². The van der Waals surface area contributed by atoms with E-state index in [0.717, 1.165) is 15.3 Å². The van der Waals surface area contributed by atoms with Crippen molar-refractivity contribution in [2.45, 2.75) is 26.3 Å². The van der Waals surface area contributed by atoms with Crippen LogP contribution in [0.15, 0.2) is 27.7 Å². The van der Waals surface area contributed by atoms with Crippen LogP contribution >= 0.6 is 22.7 Å². The van der Waals surface area contributed by atoms with Crippen LogP contribution in [0, 0.1) is 0 Å². The highest BCUT2D eigenvalue weighted by atomic mass is 32.1. The lowest BCUT2D eigenvalue weighted by molar-refractivity contribution is -0.117. The van der Waals surface area contributed by atoms with Crippen LogP contribution in [0.2, 0.25) is 0 Å². The van der Waals surface area contributed by atoms with E-state index in [1.807, 2.05) is 22.9 Å². The molecule has 0 aromatic carbocycles. The van der Waals surface area contributed by atoms with Crippen LogP contribution in [0.1, 0.15) is 19.2 Å². The summed E-state index contributed by atoms with van der Waals surface area (Å²) in [6.07, 6.45) is 0.872. The molecule has 0 saturated heterocycles. The number of ketones is 1. The van der Waals surface area contributed by atoms with Crippen molar-refractivity contribution >= 4 is 38.7 Å². The molecule has 0 bridgehead atoms. The molecule has 0 saturated carbocycles. The Kier molecular flexibility index (Phi) is 5.23. The first-order valence-electron chi connectivity index (χ1n) is 7.65. The van der Waals surface area contributed by atoms with E-state index in [9.17, 15) is 9.59 Å². The second-order valence-electron chi connectivity index (χ2n) is 5.49. The van der Waals surface area contributed by atoms with E-state index in [4.69, 9.17) is 4.74 Å². The molecule has 0 aliphatic heterocycles. The topological polar surface area (TPSA) is 61.2 Å². The molecular weight excluding hydrogens is 344 g/mol. The molecule has 24 heavy (non-hydrogen) atoms. The predicted molar refractivity (Wildman–Crippen MR) is 98.1 cm³/mol. The van der Waals surface area contributed by atoms with Gasteiger partial charge in [-0.3, -0.25) is 14.2 Å². The van der Waals surface area contributed by atoms with Gasteiger partial charge in [0.05, 0.1) is 12.0 Å². The van der Waals surface area contributed by atoms with E-state index in [0.29, 0.717) is 37.2 Å². The molecule has 0 N–H and O–H groups in total.